The minimum atomic E-state index is -0.462. The van der Waals surface area contributed by atoms with Crippen LogP contribution in [0.5, 0.6) is 0 Å². The number of hydrogen-bond acceptors (Lipinski definition) is 4. The summed E-state index contributed by atoms with van der Waals surface area (Å²) in [6.45, 7) is 1.47. The van der Waals surface area contributed by atoms with Gasteiger partial charge in [-0.15, -0.1) is 0 Å². The highest BCUT2D eigenvalue weighted by Gasteiger charge is 2.19. The highest BCUT2D eigenvalue weighted by Crippen LogP contribution is 2.32. The number of para-hydroxylation sites is 1. The Kier molecular flexibility index (Phi) is 4.38. The Morgan fingerprint density at radius 2 is 2.39 bits per heavy atom. The van der Waals surface area contributed by atoms with E-state index < -0.39 is 4.92 Å². The molecule has 0 bridgehead atoms. The van der Waals surface area contributed by atoms with E-state index >= 15 is 0 Å². The zero-order valence-electron chi connectivity index (χ0n) is 9.89. The summed E-state index contributed by atoms with van der Waals surface area (Å²) in [5.74, 6) is 0. The van der Waals surface area contributed by atoms with Gasteiger partial charge in [0.05, 0.1) is 11.0 Å². The van der Waals surface area contributed by atoms with Crippen LogP contribution >= 0.6 is 11.6 Å². The smallest absolute Gasteiger partial charge is 0.310 e. The molecule has 0 amide bonds. The fourth-order valence-electron chi connectivity index (χ4n) is 2.08. The van der Waals surface area contributed by atoms with Crippen molar-refractivity contribution in [2.45, 2.75) is 25.4 Å². The van der Waals surface area contributed by atoms with Gasteiger partial charge >= 0.3 is 5.69 Å². The molecule has 1 N–H and O–H groups in total. The molecule has 1 unspecified atom stereocenters. The Bertz CT molecular complexity index is 433. The van der Waals surface area contributed by atoms with Gasteiger partial charge in [0.15, 0.2) is 0 Å². The number of ether oxygens (including phenoxy) is 1. The lowest BCUT2D eigenvalue weighted by Crippen LogP contribution is -2.13. The zero-order valence-corrected chi connectivity index (χ0v) is 10.7. The monoisotopic (exact) mass is 270 g/mol. The van der Waals surface area contributed by atoms with Gasteiger partial charge in [0.25, 0.3) is 0 Å². The molecule has 0 radical (unpaired) electrons. The number of rotatable bonds is 5. The Labute approximate surface area is 110 Å². The Hall–Kier alpha value is -1.33. The molecular formula is C12H15ClN2O3. The molecule has 0 aromatic heterocycles. The molecule has 0 spiro atoms. The maximum Gasteiger partial charge on any atom is 0.310 e. The van der Waals surface area contributed by atoms with Crippen LogP contribution in [0.15, 0.2) is 18.2 Å². The van der Waals surface area contributed by atoms with Crippen LogP contribution in [0.4, 0.5) is 11.4 Å². The van der Waals surface area contributed by atoms with E-state index in [9.17, 15) is 10.1 Å². The first kappa shape index (κ1) is 13.1. The number of halogens is 1. The molecular weight excluding hydrogens is 256 g/mol. The number of hydrogen-bond donors (Lipinski definition) is 1. The third kappa shape index (κ3) is 3.11. The average molecular weight is 271 g/mol. The van der Waals surface area contributed by atoms with Crippen molar-refractivity contribution in [3.8, 4) is 0 Å². The van der Waals surface area contributed by atoms with Gasteiger partial charge < -0.3 is 10.1 Å². The van der Waals surface area contributed by atoms with Crippen LogP contribution in [0.3, 0.4) is 0 Å². The van der Waals surface area contributed by atoms with Crippen molar-refractivity contribution in [1.29, 1.82) is 0 Å². The van der Waals surface area contributed by atoms with E-state index in [1.807, 2.05) is 0 Å². The number of nitrogens with zero attached hydrogens (tertiary/aromatic N) is 1. The molecule has 1 fully saturated rings. The van der Waals surface area contributed by atoms with Crippen LogP contribution in [-0.2, 0) is 4.74 Å². The van der Waals surface area contributed by atoms with Crippen LogP contribution in [0.25, 0.3) is 0 Å². The third-order valence-corrected chi connectivity index (χ3v) is 3.28. The standard InChI is InChI=1S/C12H15ClN2O3/c13-10-4-1-5-11(12(10)15(16)17)14-7-6-9-3-2-8-18-9/h1,4-5,9,14H,2-3,6-8H2. The second kappa shape index (κ2) is 6.02. The van der Waals surface area contributed by atoms with Gasteiger partial charge in [-0.1, -0.05) is 17.7 Å². The van der Waals surface area contributed by atoms with E-state index in [2.05, 4.69) is 5.32 Å². The largest absolute Gasteiger partial charge is 0.379 e. The Morgan fingerprint density at radius 3 is 3.06 bits per heavy atom. The second-order valence-corrected chi connectivity index (χ2v) is 4.65. The van der Waals surface area contributed by atoms with Gasteiger partial charge in [0.1, 0.15) is 10.7 Å². The molecule has 1 saturated heterocycles. The highest BCUT2D eigenvalue weighted by molar-refractivity contribution is 6.33. The molecule has 1 aliphatic rings. The average Bonchev–Trinajstić information content (AvgIpc) is 2.81. The van der Waals surface area contributed by atoms with Crippen LogP contribution in [-0.4, -0.2) is 24.2 Å². The summed E-state index contributed by atoms with van der Waals surface area (Å²) in [5.41, 5.74) is 0.400. The SMILES string of the molecule is O=[N+]([O-])c1c(Cl)cccc1NCCC1CCCO1. The molecule has 98 valence electrons. The topological polar surface area (TPSA) is 64.4 Å². The molecule has 18 heavy (non-hydrogen) atoms. The summed E-state index contributed by atoms with van der Waals surface area (Å²) in [6.07, 6.45) is 3.29. The molecule has 1 aromatic rings. The molecule has 0 aliphatic carbocycles. The van der Waals surface area contributed by atoms with Crippen molar-refractivity contribution >= 4 is 23.0 Å². The molecule has 2 rings (SSSR count). The Morgan fingerprint density at radius 1 is 1.56 bits per heavy atom. The fraction of sp³-hybridized carbons (Fsp3) is 0.500. The number of anilines is 1. The maximum absolute atomic E-state index is 10.9. The molecule has 1 heterocycles. The van der Waals surface area contributed by atoms with E-state index in [1.54, 1.807) is 12.1 Å². The fourth-order valence-corrected chi connectivity index (χ4v) is 2.33. The van der Waals surface area contributed by atoms with Crippen LogP contribution < -0.4 is 5.32 Å². The van der Waals surface area contributed by atoms with Gasteiger partial charge in [-0.05, 0) is 31.4 Å². The van der Waals surface area contributed by atoms with Crippen LogP contribution in [0, 0.1) is 10.1 Å². The Balaban J connectivity index is 1.96. The first-order valence-electron chi connectivity index (χ1n) is 5.97. The number of nitro benzene ring substituents is 1. The quantitative estimate of drug-likeness (QED) is 0.659. The number of benzene rings is 1. The van der Waals surface area contributed by atoms with Crippen molar-refractivity contribution in [3.05, 3.63) is 33.3 Å². The van der Waals surface area contributed by atoms with Crippen molar-refractivity contribution in [3.63, 3.8) is 0 Å². The molecule has 0 saturated carbocycles. The van der Waals surface area contributed by atoms with Crippen LogP contribution in [0.1, 0.15) is 19.3 Å². The van der Waals surface area contributed by atoms with Crippen molar-refractivity contribution in [1.82, 2.24) is 0 Å². The van der Waals surface area contributed by atoms with Gasteiger partial charge in [0.2, 0.25) is 0 Å². The number of nitrogens with one attached hydrogen (secondary N) is 1. The first-order valence-corrected chi connectivity index (χ1v) is 6.34. The summed E-state index contributed by atoms with van der Waals surface area (Å²) in [6, 6.07) is 4.88. The van der Waals surface area contributed by atoms with Gasteiger partial charge in [-0.2, -0.15) is 0 Å². The molecule has 1 aromatic carbocycles. The summed E-state index contributed by atoms with van der Waals surface area (Å²) in [4.78, 5) is 10.5. The zero-order chi connectivity index (χ0) is 13.0. The predicted molar refractivity (Wildman–Crippen MR) is 70.2 cm³/mol. The van der Waals surface area contributed by atoms with E-state index in [4.69, 9.17) is 16.3 Å². The lowest BCUT2D eigenvalue weighted by molar-refractivity contribution is -0.383. The lowest BCUT2D eigenvalue weighted by Gasteiger charge is -2.11. The van der Waals surface area contributed by atoms with E-state index in [0.717, 1.165) is 25.9 Å². The lowest BCUT2D eigenvalue weighted by atomic mass is 10.2. The predicted octanol–water partition coefficient (Wildman–Crippen LogP) is 3.23. The summed E-state index contributed by atoms with van der Waals surface area (Å²) < 4.78 is 5.49. The van der Waals surface area contributed by atoms with E-state index in [1.165, 1.54) is 6.07 Å². The van der Waals surface area contributed by atoms with Crippen LogP contribution in [0.2, 0.25) is 5.02 Å². The minimum Gasteiger partial charge on any atom is -0.379 e. The first-order chi connectivity index (χ1) is 8.68. The summed E-state index contributed by atoms with van der Waals surface area (Å²) in [7, 11) is 0. The second-order valence-electron chi connectivity index (χ2n) is 4.24. The number of nitro groups is 1. The van der Waals surface area contributed by atoms with Crippen molar-refractivity contribution in [2.24, 2.45) is 0 Å². The van der Waals surface area contributed by atoms with Gasteiger partial charge in [-0.3, -0.25) is 10.1 Å². The molecule has 1 atom stereocenters. The van der Waals surface area contributed by atoms with Crippen molar-refractivity contribution < 1.29 is 9.66 Å². The normalized spacial score (nSPS) is 18.8. The van der Waals surface area contributed by atoms with Crippen molar-refractivity contribution in [2.75, 3.05) is 18.5 Å². The summed E-state index contributed by atoms with van der Waals surface area (Å²) in [5, 5.41) is 14.1. The maximum atomic E-state index is 10.9. The van der Waals surface area contributed by atoms with E-state index in [0.29, 0.717) is 12.2 Å². The third-order valence-electron chi connectivity index (χ3n) is 2.98. The summed E-state index contributed by atoms with van der Waals surface area (Å²) >= 11 is 5.82. The molecule has 6 heteroatoms. The molecule has 5 nitrogen and oxygen atoms in total. The highest BCUT2D eigenvalue weighted by atomic mass is 35.5. The minimum absolute atomic E-state index is 0.0634. The van der Waals surface area contributed by atoms with E-state index in [-0.39, 0.29) is 16.8 Å². The van der Waals surface area contributed by atoms with Gasteiger partial charge in [0, 0.05) is 13.2 Å². The van der Waals surface area contributed by atoms with Gasteiger partial charge in [-0.25, -0.2) is 0 Å². The molecule has 1 aliphatic heterocycles.